The van der Waals surface area contributed by atoms with Crippen LogP contribution in [0.2, 0.25) is 5.15 Å². The number of benzene rings is 1. The number of rotatable bonds is 3. The SMILES string of the molecule is CC(Nc1cccnc1Cl)c1ccc(Br)cc1. The van der Waals surface area contributed by atoms with Crippen molar-refractivity contribution in [2.75, 3.05) is 5.32 Å². The van der Waals surface area contributed by atoms with Crippen molar-refractivity contribution in [3.05, 3.63) is 57.8 Å². The summed E-state index contributed by atoms with van der Waals surface area (Å²) in [6.07, 6.45) is 1.68. The van der Waals surface area contributed by atoms with E-state index in [0.717, 1.165) is 10.2 Å². The quantitative estimate of drug-likeness (QED) is 0.833. The van der Waals surface area contributed by atoms with E-state index in [-0.39, 0.29) is 6.04 Å². The molecule has 4 heteroatoms. The molecule has 0 amide bonds. The average molecular weight is 312 g/mol. The minimum Gasteiger partial charge on any atom is -0.376 e. The highest BCUT2D eigenvalue weighted by Gasteiger charge is 2.07. The summed E-state index contributed by atoms with van der Waals surface area (Å²) in [5.74, 6) is 0. The Morgan fingerprint density at radius 2 is 1.94 bits per heavy atom. The number of hydrogen-bond donors (Lipinski definition) is 1. The molecule has 0 aliphatic rings. The summed E-state index contributed by atoms with van der Waals surface area (Å²) in [5.41, 5.74) is 2.05. The highest BCUT2D eigenvalue weighted by molar-refractivity contribution is 9.10. The van der Waals surface area contributed by atoms with Crippen LogP contribution in [-0.2, 0) is 0 Å². The third kappa shape index (κ3) is 3.20. The van der Waals surface area contributed by atoms with Gasteiger partial charge in [0.05, 0.1) is 5.69 Å². The van der Waals surface area contributed by atoms with E-state index in [1.165, 1.54) is 5.56 Å². The van der Waals surface area contributed by atoms with Crippen LogP contribution in [0.3, 0.4) is 0 Å². The molecule has 0 saturated carbocycles. The molecule has 1 aromatic carbocycles. The predicted molar refractivity (Wildman–Crippen MR) is 75.4 cm³/mol. The van der Waals surface area contributed by atoms with Gasteiger partial charge in [0.2, 0.25) is 0 Å². The van der Waals surface area contributed by atoms with Crippen molar-refractivity contribution >= 4 is 33.2 Å². The summed E-state index contributed by atoms with van der Waals surface area (Å²) in [6.45, 7) is 2.09. The maximum Gasteiger partial charge on any atom is 0.152 e. The molecule has 0 radical (unpaired) electrons. The minimum absolute atomic E-state index is 0.185. The average Bonchev–Trinajstić information content (AvgIpc) is 2.33. The van der Waals surface area contributed by atoms with Crippen LogP contribution in [0.25, 0.3) is 0 Å². The molecule has 17 heavy (non-hydrogen) atoms. The number of nitrogens with one attached hydrogen (secondary N) is 1. The maximum atomic E-state index is 6.00. The smallest absolute Gasteiger partial charge is 0.152 e. The number of nitrogens with zero attached hydrogens (tertiary/aromatic N) is 1. The van der Waals surface area contributed by atoms with Crippen LogP contribution in [0.4, 0.5) is 5.69 Å². The second-order valence-corrected chi connectivity index (χ2v) is 5.03. The van der Waals surface area contributed by atoms with E-state index in [2.05, 4.69) is 45.3 Å². The summed E-state index contributed by atoms with van der Waals surface area (Å²) in [6, 6.07) is 12.2. The minimum atomic E-state index is 0.185. The molecular formula is C13H12BrClN2. The van der Waals surface area contributed by atoms with Crippen molar-refractivity contribution in [1.82, 2.24) is 4.98 Å². The van der Waals surface area contributed by atoms with Crippen molar-refractivity contribution in [3.8, 4) is 0 Å². The van der Waals surface area contributed by atoms with Gasteiger partial charge in [-0.1, -0.05) is 39.7 Å². The number of anilines is 1. The second-order valence-electron chi connectivity index (χ2n) is 3.76. The van der Waals surface area contributed by atoms with E-state index in [0.29, 0.717) is 5.15 Å². The molecule has 0 spiro atoms. The number of pyridine rings is 1. The first kappa shape index (κ1) is 12.4. The van der Waals surface area contributed by atoms with Crippen molar-refractivity contribution in [2.45, 2.75) is 13.0 Å². The molecule has 0 fully saturated rings. The Balaban J connectivity index is 2.14. The fourth-order valence-electron chi connectivity index (χ4n) is 1.56. The molecule has 2 aromatic rings. The van der Waals surface area contributed by atoms with Gasteiger partial charge in [-0.05, 0) is 36.8 Å². The monoisotopic (exact) mass is 310 g/mol. The van der Waals surface area contributed by atoms with Crippen LogP contribution in [0.1, 0.15) is 18.5 Å². The van der Waals surface area contributed by atoms with Gasteiger partial charge in [-0.3, -0.25) is 0 Å². The normalized spacial score (nSPS) is 12.2. The molecule has 1 heterocycles. The van der Waals surface area contributed by atoms with Gasteiger partial charge in [0.25, 0.3) is 0 Å². The molecule has 0 saturated heterocycles. The number of hydrogen-bond acceptors (Lipinski definition) is 2. The van der Waals surface area contributed by atoms with Crippen LogP contribution in [-0.4, -0.2) is 4.98 Å². The standard InChI is InChI=1S/C13H12BrClN2/c1-9(10-4-6-11(14)7-5-10)17-12-3-2-8-16-13(12)15/h2-9,17H,1H3. The molecule has 1 aromatic heterocycles. The van der Waals surface area contributed by atoms with E-state index in [1.54, 1.807) is 6.20 Å². The fourth-order valence-corrected chi connectivity index (χ4v) is 2.00. The van der Waals surface area contributed by atoms with Gasteiger partial charge in [0.1, 0.15) is 0 Å². The van der Waals surface area contributed by atoms with Crippen molar-refractivity contribution in [3.63, 3.8) is 0 Å². The molecule has 1 unspecified atom stereocenters. The van der Waals surface area contributed by atoms with Gasteiger partial charge in [0, 0.05) is 16.7 Å². The summed E-state index contributed by atoms with van der Waals surface area (Å²) < 4.78 is 1.08. The zero-order valence-corrected chi connectivity index (χ0v) is 11.7. The molecule has 1 N–H and O–H groups in total. The first-order valence-electron chi connectivity index (χ1n) is 5.29. The van der Waals surface area contributed by atoms with Crippen LogP contribution in [0, 0.1) is 0 Å². The molecule has 2 rings (SSSR count). The van der Waals surface area contributed by atoms with Gasteiger partial charge in [-0.25, -0.2) is 4.98 Å². The van der Waals surface area contributed by atoms with E-state index in [9.17, 15) is 0 Å². The van der Waals surface area contributed by atoms with Gasteiger partial charge in [-0.15, -0.1) is 0 Å². The molecule has 0 aliphatic carbocycles. The van der Waals surface area contributed by atoms with Crippen LogP contribution in [0.15, 0.2) is 47.1 Å². The first-order valence-corrected chi connectivity index (χ1v) is 6.46. The van der Waals surface area contributed by atoms with Gasteiger partial charge < -0.3 is 5.32 Å². The number of halogens is 2. The zero-order chi connectivity index (χ0) is 12.3. The summed E-state index contributed by atoms with van der Waals surface area (Å²) >= 11 is 9.42. The maximum absolute atomic E-state index is 6.00. The highest BCUT2D eigenvalue weighted by Crippen LogP contribution is 2.24. The molecule has 0 bridgehead atoms. The zero-order valence-electron chi connectivity index (χ0n) is 9.32. The molecule has 88 valence electrons. The van der Waals surface area contributed by atoms with Gasteiger partial charge in [-0.2, -0.15) is 0 Å². The van der Waals surface area contributed by atoms with E-state index >= 15 is 0 Å². The van der Waals surface area contributed by atoms with E-state index in [4.69, 9.17) is 11.6 Å². The topological polar surface area (TPSA) is 24.9 Å². The Morgan fingerprint density at radius 3 is 2.59 bits per heavy atom. The number of aromatic nitrogens is 1. The van der Waals surface area contributed by atoms with Crippen molar-refractivity contribution in [2.24, 2.45) is 0 Å². The third-order valence-corrected chi connectivity index (χ3v) is 3.33. The van der Waals surface area contributed by atoms with Gasteiger partial charge >= 0.3 is 0 Å². The van der Waals surface area contributed by atoms with Crippen molar-refractivity contribution < 1.29 is 0 Å². The lowest BCUT2D eigenvalue weighted by Crippen LogP contribution is -2.07. The molecular weight excluding hydrogens is 300 g/mol. The summed E-state index contributed by atoms with van der Waals surface area (Å²) in [4.78, 5) is 4.04. The van der Waals surface area contributed by atoms with E-state index in [1.807, 2.05) is 24.3 Å². The Labute approximate surface area is 114 Å². The Hall–Kier alpha value is -1.06. The molecule has 2 nitrogen and oxygen atoms in total. The Morgan fingerprint density at radius 1 is 1.24 bits per heavy atom. The summed E-state index contributed by atoms with van der Waals surface area (Å²) in [7, 11) is 0. The lowest BCUT2D eigenvalue weighted by atomic mass is 10.1. The predicted octanol–water partition coefficient (Wildman–Crippen LogP) is 4.67. The van der Waals surface area contributed by atoms with Crippen LogP contribution in [0.5, 0.6) is 0 Å². The lowest BCUT2D eigenvalue weighted by molar-refractivity contribution is 0.882. The van der Waals surface area contributed by atoms with Gasteiger partial charge in [0.15, 0.2) is 5.15 Å². The fraction of sp³-hybridized carbons (Fsp3) is 0.154. The van der Waals surface area contributed by atoms with E-state index < -0.39 is 0 Å². The Bertz CT molecular complexity index is 499. The highest BCUT2D eigenvalue weighted by atomic mass is 79.9. The first-order chi connectivity index (χ1) is 8.16. The third-order valence-electron chi connectivity index (χ3n) is 2.50. The molecule has 0 aliphatic heterocycles. The van der Waals surface area contributed by atoms with Crippen molar-refractivity contribution in [1.29, 1.82) is 0 Å². The van der Waals surface area contributed by atoms with Crippen LogP contribution >= 0.6 is 27.5 Å². The van der Waals surface area contributed by atoms with Crippen LogP contribution < -0.4 is 5.32 Å². The molecule has 1 atom stereocenters. The second kappa shape index (κ2) is 5.52. The summed E-state index contributed by atoms with van der Waals surface area (Å²) in [5, 5.41) is 3.83. The Kier molecular flexibility index (Phi) is 4.02. The largest absolute Gasteiger partial charge is 0.376 e. The lowest BCUT2D eigenvalue weighted by Gasteiger charge is -2.16.